The van der Waals surface area contributed by atoms with E-state index in [0.29, 0.717) is 16.5 Å². The molecule has 3 aromatic carbocycles. The van der Waals surface area contributed by atoms with Gasteiger partial charge in [-0.25, -0.2) is 0 Å². The molecule has 1 heterocycles. The van der Waals surface area contributed by atoms with Gasteiger partial charge in [-0.15, -0.1) is 0 Å². The van der Waals surface area contributed by atoms with Gasteiger partial charge in [0.2, 0.25) is 0 Å². The van der Waals surface area contributed by atoms with Crippen molar-refractivity contribution in [3.05, 3.63) is 106 Å². The smallest absolute Gasteiger partial charge is 0.0960 e. The van der Waals surface area contributed by atoms with Gasteiger partial charge in [-0.3, -0.25) is 0 Å². The molecule has 0 unspecified atom stereocenters. The zero-order chi connectivity index (χ0) is 20.4. The Kier molecular flexibility index (Phi) is 5.98. The van der Waals surface area contributed by atoms with Gasteiger partial charge in [-0.1, -0.05) is 84.7 Å². The van der Waals surface area contributed by atoms with E-state index in [0.717, 1.165) is 23.1 Å². The average Bonchev–Trinajstić information content (AvgIpc) is 2.75. The highest BCUT2D eigenvalue weighted by Gasteiger charge is 2.48. The molecule has 4 rings (SSSR count). The second-order valence-electron chi connectivity index (χ2n) is 7.81. The van der Waals surface area contributed by atoms with Crippen LogP contribution in [-0.4, -0.2) is 5.11 Å². The summed E-state index contributed by atoms with van der Waals surface area (Å²) >= 11 is 12.2. The largest absolute Gasteiger partial charge is 0.385 e. The lowest BCUT2D eigenvalue weighted by molar-refractivity contribution is -0.0830. The highest BCUT2D eigenvalue weighted by atomic mass is 35.5. The fourth-order valence-corrected chi connectivity index (χ4v) is 4.92. The third-order valence-corrected chi connectivity index (χ3v) is 6.63. The Morgan fingerprint density at radius 3 is 1.97 bits per heavy atom. The summed E-state index contributed by atoms with van der Waals surface area (Å²) < 4.78 is 0. The molecule has 0 bridgehead atoms. The number of benzene rings is 3. The minimum Gasteiger partial charge on any atom is -0.385 e. The maximum atomic E-state index is 12.1. The van der Waals surface area contributed by atoms with Gasteiger partial charge >= 0.3 is 0 Å². The standard InChI is InChI=1S/C25H25Cl2NO/c1-2-22-24(18-10-14-21(27)15-11-18)28-23(17-8-12-20(26)13-9-17)16-25(22,29)19-6-4-3-5-7-19/h3-15,22-24,28-29H,2,16H2,1H3/t22-,23-,24-,25-/m0/s1. The van der Waals surface area contributed by atoms with Crippen molar-refractivity contribution in [1.82, 2.24) is 5.32 Å². The number of hydrogen-bond acceptors (Lipinski definition) is 2. The van der Waals surface area contributed by atoms with Crippen molar-refractivity contribution < 1.29 is 5.11 Å². The molecule has 1 saturated heterocycles. The van der Waals surface area contributed by atoms with Crippen LogP contribution < -0.4 is 5.32 Å². The van der Waals surface area contributed by atoms with E-state index >= 15 is 0 Å². The summed E-state index contributed by atoms with van der Waals surface area (Å²) in [6.45, 7) is 2.14. The molecular formula is C25H25Cl2NO. The Hall–Kier alpha value is -1.84. The van der Waals surface area contributed by atoms with Crippen molar-refractivity contribution in [1.29, 1.82) is 0 Å². The fourth-order valence-electron chi connectivity index (χ4n) is 4.67. The number of hydrogen-bond donors (Lipinski definition) is 2. The van der Waals surface area contributed by atoms with Crippen LogP contribution in [0, 0.1) is 5.92 Å². The monoisotopic (exact) mass is 425 g/mol. The predicted molar refractivity (Wildman–Crippen MR) is 120 cm³/mol. The molecule has 1 aliphatic rings. The van der Waals surface area contributed by atoms with Gasteiger partial charge < -0.3 is 10.4 Å². The first-order valence-electron chi connectivity index (χ1n) is 10.1. The molecule has 29 heavy (non-hydrogen) atoms. The number of piperidine rings is 1. The Morgan fingerprint density at radius 1 is 0.862 bits per heavy atom. The maximum absolute atomic E-state index is 12.1. The summed E-state index contributed by atoms with van der Waals surface area (Å²) in [6, 6.07) is 25.9. The quantitative estimate of drug-likeness (QED) is 0.488. The molecule has 0 aliphatic carbocycles. The van der Waals surface area contributed by atoms with Crippen molar-refractivity contribution in [2.75, 3.05) is 0 Å². The van der Waals surface area contributed by atoms with E-state index in [1.165, 1.54) is 0 Å². The van der Waals surface area contributed by atoms with Crippen LogP contribution in [0.3, 0.4) is 0 Å². The van der Waals surface area contributed by atoms with Gasteiger partial charge in [-0.2, -0.15) is 0 Å². The van der Waals surface area contributed by atoms with Crippen LogP contribution in [0.5, 0.6) is 0 Å². The van der Waals surface area contributed by atoms with E-state index in [-0.39, 0.29) is 18.0 Å². The van der Waals surface area contributed by atoms with Crippen LogP contribution in [0.15, 0.2) is 78.9 Å². The van der Waals surface area contributed by atoms with Crippen molar-refractivity contribution in [2.24, 2.45) is 5.92 Å². The molecule has 4 atom stereocenters. The lowest BCUT2D eigenvalue weighted by atomic mass is 9.67. The molecule has 2 N–H and O–H groups in total. The summed E-state index contributed by atoms with van der Waals surface area (Å²) in [5.41, 5.74) is 2.27. The number of halogens is 2. The van der Waals surface area contributed by atoms with Crippen molar-refractivity contribution >= 4 is 23.2 Å². The minimum atomic E-state index is -0.949. The van der Waals surface area contributed by atoms with Gasteiger partial charge in [0, 0.05) is 34.5 Å². The summed E-state index contributed by atoms with van der Waals surface area (Å²) in [4.78, 5) is 0. The molecule has 0 radical (unpaired) electrons. The zero-order valence-corrected chi connectivity index (χ0v) is 17.9. The van der Waals surface area contributed by atoms with Crippen LogP contribution in [0.2, 0.25) is 10.0 Å². The van der Waals surface area contributed by atoms with E-state index in [1.807, 2.05) is 66.7 Å². The molecular weight excluding hydrogens is 401 g/mol. The molecule has 150 valence electrons. The molecule has 1 fully saturated rings. The van der Waals surface area contributed by atoms with Crippen LogP contribution in [0.25, 0.3) is 0 Å². The summed E-state index contributed by atoms with van der Waals surface area (Å²) in [7, 11) is 0. The first kappa shape index (κ1) is 20.4. The van der Waals surface area contributed by atoms with Gasteiger partial charge in [0.05, 0.1) is 5.60 Å². The molecule has 4 heteroatoms. The normalized spacial score (nSPS) is 27.0. The second kappa shape index (κ2) is 8.49. The first-order chi connectivity index (χ1) is 14.0. The summed E-state index contributed by atoms with van der Waals surface area (Å²) in [5.74, 6) is 0.0228. The van der Waals surface area contributed by atoms with Crippen LogP contribution in [0.1, 0.15) is 48.5 Å². The van der Waals surface area contributed by atoms with Crippen molar-refractivity contribution in [2.45, 2.75) is 37.5 Å². The highest BCUT2D eigenvalue weighted by Crippen LogP contribution is 2.50. The fraction of sp³-hybridized carbons (Fsp3) is 0.280. The van der Waals surface area contributed by atoms with Crippen molar-refractivity contribution in [3.63, 3.8) is 0 Å². The van der Waals surface area contributed by atoms with Crippen LogP contribution in [0.4, 0.5) is 0 Å². The van der Waals surface area contributed by atoms with E-state index in [1.54, 1.807) is 0 Å². The Morgan fingerprint density at radius 2 is 1.41 bits per heavy atom. The van der Waals surface area contributed by atoms with Crippen LogP contribution in [-0.2, 0) is 5.60 Å². The number of rotatable bonds is 4. The SMILES string of the molecule is CC[C@H]1[C@H](c2ccc(Cl)cc2)N[C@H](c2ccc(Cl)cc2)C[C@]1(O)c1ccccc1. The number of nitrogens with one attached hydrogen (secondary N) is 1. The van der Waals surface area contributed by atoms with Gasteiger partial charge in [0.25, 0.3) is 0 Å². The van der Waals surface area contributed by atoms with Crippen molar-refractivity contribution in [3.8, 4) is 0 Å². The van der Waals surface area contributed by atoms with E-state index < -0.39 is 5.60 Å². The molecule has 0 spiro atoms. The molecule has 0 saturated carbocycles. The van der Waals surface area contributed by atoms with Gasteiger partial charge in [0.1, 0.15) is 0 Å². The molecule has 3 aromatic rings. The summed E-state index contributed by atoms with van der Waals surface area (Å²) in [5, 5.41) is 17.3. The van der Waals surface area contributed by atoms with Gasteiger partial charge in [-0.05, 0) is 47.4 Å². The Balaban J connectivity index is 1.80. The Labute approximate surface area is 182 Å². The molecule has 1 aliphatic heterocycles. The lowest BCUT2D eigenvalue weighted by Gasteiger charge is -2.49. The third kappa shape index (κ3) is 4.08. The summed E-state index contributed by atoms with van der Waals surface area (Å²) in [6.07, 6.45) is 1.44. The van der Waals surface area contributed by atoms with Crippen LogP contribution >= 0.6 is 23.2 Å². The predicted octanol–water partition coefficient (Wildman–Crippen LogP) is 6.68. The second-order valence-corrected chi connectivity index (χ2v) is 8.68. The topological polar surface area (TPSA) is 32.3 Å². The Bertz CT molecular complexity index is 943. The van der Waals surface area contributed by atoms with E-state index in [9.17, 15) is 5.11 Å². The van der Waals surface area contributed by atoms with E-state index in [2.05, 4.69) is 24.4 Å². The first-order valence-corrected chi connectivity index (χ1v) is 10.8. The number of aliphatic hydroxyl groups is 1. The lowest BCUT2D eigenvalue weighted by Crippen LogP contribution is -2.51. The minimum absolute atomic E-state index is 0.000880. The maximum Gasteiger partial charge on any atom is 0.0960 e. The zero-order valence-electron chi connectivity index (χ0n) is 16.4. The molecule has 0 aromatic heterocycles. The molecule has 2 nitrogen and oxygen atoms in total. The van der Waals surface area contributed by atoms with Gasteiger partial charge in [0.15, 0.2) is 0 Å². The highest BCUT2D eigenvalue weighted by molar-refractivity contribution is 6.30. The van der Waals surface area contributed by atoms with E-state index in [4.69, 9.17) is 23.2 Å². The average molecular weight is 426 g/mol. The third-order valence-electron chi connectivity index (χ3n) is 6.13. The molecule has 0 amide bonds.